The van der Waals surface area contributed by atoms with Gasteiger partial charge in [-0.2, -0.15) is 0 Å². The van der Waals surface area contributed by atoms with Crippen LogP contribution < -0.4 is 5.32 Å². The van der Waals surface area contributed by atoms with E-state index in [1.165, 1.54) is 0 Å². The lowest BCUT2D eigenvalue weighted by atomic mass is 10.5. The summed E-state index contributed by atoms with van der Waals surface area (Å²) in [6.07, 6.45) is 0.359. The van der Waals surface area contributed by atoms with E-state index in [4.69, 9.17) is 9.84 Å². The highest BCUT2D eigenvalue weighted by Gasteiger charge is 2.07. The second-order valence-corrected chi connectivity index (χ2v) is 3.90. The first-order valence-corrected chi connectivity index (χ1v) is 5.62. The van der Waals surface area contributed by atoms with Gasteiger partial charge in [0.15, 0.2) is 0 Å². The number of aliphatic hydroxyl groups is 1. The van der Waals surface area contributed by atoms with Crippen molar-refractivity contribution in [3.05, 3.63) is 11.6 Å². The minimum atomic E-state index is -1.23. The van der Waals surface area contributed by atoms with Crippen LogP contribution in [0.2, 0.25) is 0 Å². The Balaban J connectivity index is 3.89. The molecule has 0 aromatic carbocycles. The van der Waals surface area contributed by atoms with Crippen molar-refractivity contribution in [1.29, 1.82) is 0 Å². The van der Waals surface area contributed by atoms with Gasteiger partial charge in [-0.3, -0.25) is 0 Å². The molecule has 0 amide bonds. The standard InChI is InChI=1S/C7H14NO3P/c1-4-11-7(9)6(2)8-5-12(3)10/h8H,4-5H2,1-3H3/p+1. The number of hydrogen-bond acceptors (Lipinski definition) is 4. The van der Waals surface area contributed by atoms with Crippen LogP contribution in [0.1, 0.15) is 13.8 Å². The van der Waals surface area contributed by atoms with E-state index in [0.29, 0.717) is 18.6 Å². The molecule has 0 aromatic rings. The van der Waals surface area contributed by atoms with E-state index >= 15 is 0 Å². The molecule has 1 unspecified atom stereocenters. The predicted molar refractivity (Wildman–Crippen MR) is 48.5 cm³/mol. The molecule has 12 heavy (non-hydrogen) atoms. The quantitative estimate of drug-likeness (QED) is 0.515. The van der Waals surface area contributed by atoms with Crippen molar-refractivity contribution in [2.45, 2.75) is 13.8 Å². The fourth-order valence-corrected chi connectivity index (χ4v) is 1.01. The van der Waals surface area contributed by atoms with Gasteiger partial charge in [0.2, 0.25) is 6.29 Å². The zero-order valence-corrected chi connectivity index (χ0v) is 8.52. The molecule has 0 aliphatic rings. The molecule has 1 atom stereocenters. The van der Waals surface area contributed by atoms with Gasteiger partial charge in [-0.25, -0.2) is 0 Å². The van der Waals surface area contributed by atoms with Crippen LogP contribution >= 0.6 is 7.80 Å². The molecular formula is C7H15NO3P+. The molecule has 0 fully saturated rings. The molecule has 0 heterocycles. The third-order valence-electron chi connectivity index (χ3n) is 1.17. The summed E-state index contributed by atoms with van der Waals surface area (Å²) in [5.41, 5.74) is 0.516. The van der Waals surface area contributed by atoms with Crippen LogP contribution in [-0.2, 0) is 9.30 Å². The lowest BCUT2D eigenvalue weighted by Gasteiger charge is -2.05. The van der Waals surface area contributed by atoms with Gasteiger partial charge in [0, 0.05) is 0 Å². The van der Waals surface area contributed by atoms with E-state index in [1.54, 1.807) is 20.5 Å². The summed E-state index contributed by atoms with van der Waals surface area (Å²) >= 11 is 0. The highest BCUT2D eigenvalue weighted by atomic mass is 31.1. The van der Waals surface area contributed by atoms with Crippen molar-refractivity contribution >= 4 is 7.80 Å². The van der Waals surface area contributed by atoms with Gasteiger partial charge in [0.25, 0.3) is 5.95 Å². The van der Waals surface area contributed by atoms with Crippen LogP contribution in [0, 0.1) is 0 Å². The monoisotopic (exact) mass is 192 g/mol. The molecule has 0 bridgehead atoms. The molecule has 0 saturated carbocycles. The molecule has 0 radical (unpaired) electrons. The predicted octanol–water partition coefficient (Wildman–Crippen LogP) is 1.77. The molecule has 70 valence electrons. The molecule has 0 aliphatic heterocycles. The van der Waals surface area contributed by atoms with Gasteiger partial charge >= 0.3 is 7.80 Å². The maximum Gasteiger partial charge on any atom is 0.356 e. The van der Waals surface area contributed by atoms with Crippen molar-refractivity contribution < 1.29 is 14.4 Å². The topological polar surface area (TPSA) is 58.6 Å². The van der Waals surface area contributed by atoms with Gasteiger partial charge < -0.3 is 15.2 Å². The molecule has 0 aliphatic carbocycles. The van der Waals surface area contributed by atoms with Crippen LogP contribution in [0.5, 0.6) is 0 Å². The fourth-order valence-electron chi connectivity index (χ4n) is 0.551. The molecular weight excluding hydrogens is 177 g/mol. The first-order valence-electron chi connectivity index (χ1n) is 3.72. The highest BCUT2D eigenvalue weighted by molar-refractivity contribution is 7.43. The summed E-state index contributed by atoms with van der Waals surface area (Å²) in [6.45, 7) is 5.49. The number of allylic oxidation sites excluding steroid dienone is 1. The zero-order chi connectivity index (χ0) is 9.56. The summed E-state index contributed by atoms with van der Waals surface area (Å²) < 4.78 is 15.5. The Morgan fingerprint density at radius 1 is 1.67 bits per heavy atom. The van der Waals surface area contributed by atoms with Gasteiger partial charge in [0.05, 0.1) is 12.3 Å². The Morgan fingerprint density at radius 2 is 2.25 bits per heavy atom. The molecule has 2 N–H and O–H groups in total. The summed E-state index contributed by atoms with van der Waals surface area (Å²) in [5.74, 6) is -0.130. The third-order valence-corrected chi connectivity index (χ3v) is 1.77. The van der Waals surface area contributed by atoms with E-state index in [1.807, 2.05) is 0 Å². The van der Waals surface area contributed by atoms with Crippen LogP contribution in [0.15, 0.2) is 11.6 Å². The van der Waals surface area contributed by atoms with Gasteiger partial charge in [-0.05, 0) is 13.8 Å². The minimum Gasteiger partial charge on any atom is -0.480 e. The summed E-state index contributed by atoms with van der Waals surface area (Å²) in [7, 11) is -1.23. The van der Waals surface area contributed by atoms with E-state index in [9.17, 15) is 4.57 Å². The normalized spacial score (nSPS) is 13.4. The van der Waals surface area contributed by atoms with E-state index in [-0.39, 0.29) is 5.95 Å². The Morgan fingerprint density at radius 3 is 2.67 bits per heavy atom. The zero-order valence-electron chi connectivity index (χ0n) is 7.63. The molecule has 0 rings (SSSR count). The Labute approximate surface area is 73.4 Å². The van der Waals surface area contributed by atoms with E-state index in [0.717, 1.165) is 0 Å². The average Bonchev–Trinajstić information content (AvgIpc) is 2.00. The number of rotatable bonds is 5. The third kappa shape index (κ3) is 4.97. The number of nitrogens with one attached hydrogen (secondary N) is 1. The summed E-state index contributed by atoms with van der Waals surface area (Å²) in [6, 6.07) is 0. The van der Waals surface area contributed by atoms with Crippen LogP contribution in [0.25, 0.3) is 0 Å². The second kappa shape index (κ2) is 5.84. The van der Waals surface area contributed by atoms with E-state index < -0.39 is 7.80 Å². The van der Waals surface area contributed by atoms with Gasteiger partial charge in [-0.15, -0.1) is 0 Å². The smallest absolute Gasteiger partial charge is 0.356 e. The summed E-state index contributed by atoms with van der Waals surface area (Å²) in [4.78, 5) is 0. The molecule has 0 aromatic heterocycles. The molecule has 5 heteroatoms. The van der Waals surface area contributed by atoms with Crippen LogP contribution in [0.3, 0.4) is 0 Å². The molecule has 0 spiro atoms. The number of hydrogen-bond donors (Lipinski definition) is 2. The SMILES string of the molecule is CCOC(O)=C(C)NC[P+](C)=O. The van der Waals surface area contributed by atoms with Crippen molar-refractivity contribution in [3.8, 4) is 0 Å². The Bertz CT molecular complexity index is 191. The number of ether oxygens (including phenoxy) is 1. The van der Waals surface area contributed by atoms with Crippen LogP contribution in [-0.4, -0.2) is 24.7 Å². The lowest BCUT2D eigenvalue weighted by molar-refractivity contribution is 0.0960. The maximum atomic E-state index is 10.7. The largest absolute Gasteiger partial charge is 0.480 e. The van der Waals surface area contributed by atoms with Crippen molar-refractivity contribution in [3.63, 3.8) is 0 Å². The first-order chi connectivity index (χ1) is 5.57. The average molecular weight is 192 g/mol. The van der Waals surface area contributed by atoms with Crippen molar-refractivity contribution in [2.75, 3.05) is 19.6 Å². The number of aliphatic hydroxyl groups excluding tert-OH is 1. The van der Waals surface area contributed by atoms with Gasteiger partial charge in [0.1, 0.15) is 6.66 Å². The van der Waals surface area contributed by atoms with Gasteiger partial charge in [-0.1, -0.05) is 4.57 Å². The summed E-state index contributed by atoms with van der Waals surface area (Å²) in [5, 5.41) is 11.9. The first kappa shape index (κ1) is 11.2. The van der Waals surface area contributed by atoms with Crippen LogP contribution in [0.4, 0.5) is 0 Å². The minimum absolute atomic E-state index is 0.130. The Hall–Kier alpha value is -0.760. The molecule has 4 nitrogen and oxygen atoms in total. The lowest BCUT2D eigenvalue weighted by Crippen LogP contribution is -2.13. The van der Waals surface area contributed by atoms with E-state index in [2.05, 4.69) is 5.32 Å². The second-order valence-electron chi connectivity index (χ2n) is 2.33. The molecule has 0 saturated heterocycles. The maximum absolute atomic E-state index is 10.7. The van der Waals surface area contributed by atoms with Crippen molar-refractivity contribution in [2.24, 2.45) is 0 Å². The fraction of sp³-hybridized carbons (Fsp3) is 0.714. The van der Waals surface area contributed by atoms with Crippen molar-refractivity contribution in [1.82, 2.24) is 5.32 Å². The highest BCUT2D eigenvalue weighted by Crippen LogP contribution is 2.11. The Kier molecular flexibility index (Phi) is 5.47.